The lowest BCUT2D eigenvalue weighted by atomic mass is 9.90. The number of nitrogens with zero attached hydrogens (tertiary/aromatic N) is 3. The van der Waals surface area contributed by atoms with Gasteiger partial charge in [-0.25, -0.2) is 9.78 Å². The van der Waals surface area contributed by atoms with E-state index >= 15 is 0 Å². The summed E-state index contributed by atoms with van der Waals surface area (Å²) < 4.78 is 1.51. The second-order valence-electron chi connectivity index (χ2n) is 9.74. The molecule has 1 saturated heterocycles. The van der Waals surface area contributed by atoms with E-state index in [-0.39, 0.29) is 11.3 Å². The van der Waals surface area contributed by atoms with Crippen molar-refractivity contribution >= 4 is 16.9 Å². The molecule has 3 aromatic rings. The average molecular weight is 461 g/mol. The fourth-order valence-electron chi connectivity index (χ4n) is 5.09. The van der Waals surface area contributed by atoms with Crippen LogP contribution in [0.3, 0.4) is 0 Å². The van der Waals surface area contributed by atoms with Crippen molar-refractivity contribution in [3.05, 3.63) is 74.1 Å². The first-order valence-electron chi connectivity index (χ1n) is 12.6. The minimum atomic E-state index is -0.525. The number of hydrogen-bond donors (Lipinski definition) is 1. The molecule has 7 nitrogen and oxygen atoms in total. The standard InChI is InChI=1S/C27H32N4O3/c1-2-14-31-24-23(25(32)29-27(31)34)21(17-22(28-24)20-10-11-20)26(33)30-15-12-19(13-16-30)9-8-18-6-4-3-5-7-18/h3-7,17,19-20H,2,8-16H2,1H3,(H,29,32,34). The molecule has 0 spiro atoms. The SMILES string of the molecule is CCCn1c(=O)[nH]c(=O)c2c(C(=O)N3CCC(CCc4ccccc4)CC3)cc(C3CC3)nc21. The Morgan fingerprint density at radius 2 is 1.82 bits per heavy atom. The molecule has 178 valence electrons. The summed E-state index contributed by atoms with van der Waals surface area (Å²) in [6, 6.07) is 12.3. The monoisotopic (exact) mass is 460 g/mol. The maximum absolute atomic E-state index is 13.7. The van der Waals surface area contributed by atoms with Gasteiger partial charge in [-0.2, -0.15) is 0 Å². The normalized spacial score (nSPS) is 16.8. The number of carbonyl (C=O) groups excluding carboxylic acids is 1. The van der Waals surface area contributed by atoms with E-state index in [0.717, 1.165) is 50.6 Å². The predicted octanol–water partition coefficient (Wildman–Crippen LogP) is 3.86. The van der Waals surface area contributed by atoms with Crippen molar-refractivity contribution in [2.24, 2.45) is 5.92 Å². The Morgan fingerprint density at radius 3 is 2.50 bits per heavy atom. The number of aromatic nitrogens is 3. The number of H-pyrrole nitrogens is 1. The third kappa shape index (κ3) is 4.56. The van der Waals surface area contributed by atoms with Gasteiger partial charge in [0.15, 0.2) is 5.65 Å². The van der Waals surface area contributed by atoms with Gasteiger partial charge >= 0.3 is 5.69 Å². The molecule has 34 heavy (non-hydrogen) atoms. The third-order valence-electron chi connectivity index (χ3n) is 7.23. The van der Waals surface area contributed by atoms with Crippen LogP contribution in [0.15, 0.2) is 46.0 Å². The van der Waals surface area contributed by atoms with Crippen LogP contribution in [-0.4, -0.2) is 38.4 Å². The van der Waals surface area contributed by atoms with Gasteiger partial charge in [-0.15, -0.1) is 0 Å². The third-order valence-corrected chi connectivity index (χ3v) is 7.23. The highest BCUT2D eigenvalue weighted by atomic mass is 16.2. The van der Waals surface area contributed by atoms with Crippen molar-refractivity contribution in [2.75, 3.05) is 13.1 Å². The number of pyridine rings is 1. The Hall–Kier alpha value is -3.22. The van der Waals surface area contributed by atoms with Crippen LogP contribution in [-0.2, 0) is 13.0 Å². The number of likely N-dealkylation sites (tertiary alicyclic amines) is 1. The Bertz CT molecular complexity index is 1300. The van der Waals surface area contributed by atoms with Gasteiger partial charge in [0, 0.05) is 31.2 Å². The van der Waals surface area contributed by atoms with Crippen LogP contribution in [0.4, 0.5) is 0 Å². The summed E-state index contributed by atoms with van der Waals surface area (Å²) in [4.78, 5) is 48.0. The van der Waals surface area contributed by atoms with Crippen molar-refractivity contribution in [1.29, 1.82) is 0 Å². The summed E-state index contributed by atoms with van der Waals surface area (Å²) in [7, 11) is 0. The van der Waals surface area contributed by atoms with Gasteiger partial charge in [-0.05, 0) is 62.5 Å². The lowest BCUT2D eigenvalue weighted by Crippen LogP contribution is -2.40. The molecule has 1 aliphatic carbocycles. The van der Waals surface area contributed by atoms with E-state index in [1.54, 1.807) is 6.07 Å². The molecule has 1 aromatic carbocycles. The number of aryl methyl sites for hydroxylation is 2. The van der Waals surface area contributed by atoms with Gasteiger partial charge in [0.2, 0.25) is 0 Å². The molecule has 1 saturated carbocycles. The summed E-state index contributed by atoms with van der Waals surface area (Å²) in [6.45, 7) is 3.80. The van der Waals surface area contributed by atoms with E-state index in [9.17, 15) is 14.4 Å². The molecular formula is C27H32N4O3. The Labute approximate surface area is 198 Å². The molecule has 2 fully saturated rings. The minimum absolute atomic E-state index is 0.122. The van der Waals surface area contributed by atoms with Crippen molar-refractivity contribution in [3.8, 4) is 0 Å². The molecule has 0 radical (unpaired) electrons. The van der Waals surface area contributed by atoms with Gasteiger partial charge in [0.25, 0.3) is 11.5 Å². The zero-order chi connectivity index (χ0) is 23.7. The number of hydrogen-bond acceptors (Lipinski definition) is 4. The molecule has 0 atom stereocenters. The lowest BCUT2D eigenvalue weighted by Gasteiger charge is -2.32. The highest BCUT2D eigenvalue weighted by molar-refractivity contribution is 6.05. The second kappa shape index (κ2) is 9.57. The summed E-state index contributed by atoms with van der Waals surface area (Å²) in [5, 5.41) is 0.244. The zero-order valence-electron chi connectivity index (χ0n) is 19.8. The molecule has 2 aliphatic rings. The van der Waals surface area contributed by atoms with Gasteiger partial charge in [-0.1, -0.05) is 37.3 Å². The van der Waals surface area contributed by atoms with E-state index in [1.807, 2.05) is 17.9 Å². The summed E-state index contributed by atoms with van der Waals surface area (Å²) >= 11 is 0. The minimum Gasteiger partial charge on any atom is -0.339 e. The van der Waals surface area contributed by atoms with Gasteiger partial charge in [0.1, 0.15) is 0 Å². The smallest absolute Gasteiger partial charge is 0.329 e. The first-order valence-corrected chi connectivity index (χ1v) is 12.6. The number of rotatable bonds is 7. The van der Waals surface area contributed by atoms with Crippen LogP contribution in [0, 0.1) is 5.92 Å². The number of aromatic amines is 1. The quantitative estimate of drug-likeness (QED) is 0.580. The van der Waals surface area contributed by atoms with Crippen molar-refractivity contribution in [1.82, 2.24) is 19.4 Å². The van der Waals surface area contributed by atoms with Gasteiger partial charge < -0.3 is 4.90 Å². The molecule has 3 heterocycles. The van der Waals surface area contributed by atoms with Crippen LogP contribution in [0.25, 0.3) is 11.0 Å². The highest BCUT2D eigenvalue weighted by Crippen LogP contribution is 2.40. The first-order chi connectivity index (χ1) is 16.5. The highest BCUT2D eigenvalue weighted by Gasteiger charge is 2.31. The van der Waals surface area contributed by atoms with Crippen LogP contribution in [0.5, 0.6) is 0 Å². The van der Waals surface area contributed by atoms with Crippen molar-refractivity contribution in [2.45, 2.75) is 64.3 Å². The largest absolute Gasteiger partial charge is 0.339 e. The molecule has 1 amide bonds. The molecule has 1 N–H and O–H groups in total. The molecule has 1 aliphatic heterocycles. The Balaban J connectivity index is 1.39. The molecule has 0 unspecified atom stereocenters. The Kier molecular flexibility index (Phi) is 6.35. The summed E-state index contributed by atoms with van der Waals surface area (Å²) in [5.41, 5.74) is 1.93. The van der Waals surface area contributed by atoms with E-state index in [4.69, 9.17) is 4.98 Å². The maximum Gasteiger partial charge on any atom is 0.329 e. The summed E-state index contributed by atoms with van der Waals surface area (Å²) in [6.07, 6.45) is 6.90. The van der Waals surface area contributed by atoms with E-state index in [2.05, 4.69) is 29.2 Å². The first kappa shape index (κ1) is 22.6. The van der Waals surface area contributed by atoms with Crippen LogP contribution >= 0.6 is 0 Å². The van der Waals surface area contributed by atoms with Gasteiger partial charge in [0.05, 0.1) is 10.9 Å². The molecule has 2 aromatic heterocycles. The average Bonchev–Trinajstić information content (AvgIpc) is 3.71. The van der Waals surface area contributed by atoms with Crippen molar-refractivity contribution in [3.63, 3.8) is 0 Å². The molecule has 7 heteroatoms. The molecule has 0 bridgehead atoms. The number of piperidine rings is 1. The fraction of sp³-hybridized carbons (Fsp3) is 0.481. The van der Waals surface area contributed by atoms with Crippen molar-refractivity contribution < 1.29 is 4.79 Å². The number of nitrogens with one attached hydrogen (secondary N) is 1. The Morgan fingerprint density at radius 1 is 1.09 bits per heavy atom. The topological polar surface area (TPSA) is 88.1 Å². The van der Waals surface area contributed by atoms with Gasteiger partial charge in [-0.3, -0.25) is 19.1 Å². The second-order valence-corrected chi connectivity index (χ2v) is 9.74. The predicted molar refractivity (Wildman–Crippen MR) is 132 cm³/mol. The zero-order valence-corrected chi connectivity index (χ0v) is 19.8. The number of benzene rings is 1. The van der Waals surface area contributed by atoms with Crippen LogP contribution < -0.4 is 11.2 Å². The van der Waals surface area contributed by atoms with E-state index in [0.29, 0.717) is 42.7 Å². The molecule has 5 rings (SSSR count). The van der Waals surface area contributed by atoms with Crippen LogP contribution in [0.1, 0.15) is 73.0 Å². The summed E-state index contributed by atoms with van der Waals surface area (Å²) in [5.74, 6) is 0.783. The number of fused-ring (bicyclic) bond motifs is 1. The van der Waals surface area contributed by atoms with Crippen LogP contribution in [0.2, 0.25) is 0 Å². The number of carbonyl (C=O) groups is 1. The molecular weight excluding hydrogens is 428 g/mol. The van der Waals surface area contributed by atoms with E-state index in [1.165, 1.54) is 10.1 Å². The fourth-order valence-corrected chi connectivity index (χ4v) is 5.09. The maximum atomic E-state index is 13.7. The lowest BCUT2D eigenvalue weighted by molar-refractivity contribution is 0.0688. The van der Waals surface area contributed by atoms with E-state index < -0.39 is 11.2 Å². The number of amides is 1.